The average Bonchev–Trinajstić information content (AvgIpc) is 2.49. The predicted octanol–water partition coefficient (Wildman–Crippen LogP) is 3.17. The molecular formula is C16H23NO3S. The summed E-state index contributed by atoms with van der Waals surface area (Å²) in [4.78, 5) is 23.0. The van der Waals surface area contributed by atoms with E-state index in [2.05, 4.69) is 12.2 Å². The van der Waals surface area contributed by atoms with Crippen molar-refractivity contribution in [1.82, 2.24) is 5.32 Å². The Morgan fingerprint density at radius 3 is 2.43 bits per heavy atom. The van der Waals surface area contributed by atoms with Crippen molar-refractivity contribution in [3.05, 3.63) is 35.4 Å². The van der Waals surface area contributed by atoms with E-state index in [1.54, 1.807) is 12.1 Å². The molecule has 0 saturated carbocycles. The maximum Gasteiger partial charge on any atom is 0.308 e. The lowest BCUT2D eigenvalue weighted by Crippen LogP contribution is -2.32. The normalized spacial score (nSPS) is 11.9. The molecule has 0 radical (unpaired) electrons. The second-order valence-corrected chi connectivity index (χ2v) is 6.14. The summed E-state index contributed by atoms with van der Waals surface area (Å²) in [7, 11) is 0. The fourth-order valence-corrected chi connectivity index (χ4v) is 2.58. The molecule has 0 bridgehead atoms. The number of benzene rings is 1. The Morgan fingerprint density at radius 1 is 1.24 bits per heavy atom. The van der Waals surface area contributed by atoms with E-state index in [-0.39, 0.29) is 12.5 Å². The Hall–Kier alpha value is -1.49. The molecule has 1 rings (SSSR count). The van der Waals surface area contributed by atoms with Gasteiger partial charge in [0.05, 0.1) is 5.92 Å². The highest BCUT2D eigenvalue weighted by molar-refractivity contribution is 7.98. The van der Waals surface area contributed by atoms with Gasteiger partial charge in [-0.05, 0) is 29.9 Å². The van der Waals surface area contributed by atoms with Gasteiger partial charge in [0.2, 0.25) is 0 Å². The lowest BCUT2D eigenvalue weighted by Gasteiger charge is -2.12. The maximum absolute atomic E-state index is 12.0. The van der Waals surface area contributed by atoms with Crippen molar-refractivity contribution in [2.45, 2.75) is 32.4 Å². The van der Waals surface area contributed by atoms with Crippen LogP contribution in [0.25, 0.3) is 0 Å². The van der Waals surface area contributed by atoms with Gasteiger partial charge in [0.1, 0.15) is 0 Å². The number of carboxylic acid groups (broad SMARTS) is 1. The average molecular weight is 309 g/mol. The standard InChI is InChI=1S/C16H23NO3S/c1-3-5-14(16(19)20)10-17-15(18)13-8-6-12(7-9-13)11-21-4-2/h6-9,14H,3-5,10-11H2,1-2H3,(H,17,18)(H,19,20). The van der Waals surface area contributed by atoms with Gasteiger partial charge in [0.25, 0.3) is 5.91 Å². The van der Waals surface area contributed by atoms with Crippen molar-refractivity contribution in [2.24, 2.45) is 5.92 Å². The fourth-order valence-electron chi connectivity index (χ4n) is 1.95. The molecule has 1 amide bonds. The summed E-state index contributed by atoms with van der Waals surface area (Å²) in [5.74, 6) is 0.419. The zero-order chi connectivity index (χ0) is 15.7. The smallest absolute Gasteiger partial charge is 0.308 e. The molecule has 21 heavy (non-hydrogen) atoms. The van der Waals surface area contributed by atoms with Crippen molar-refractivity contribution in [2.75, 3.05) is 12.3 Å². The van der Waals surface area contributed by atoms with Crippen molar-refractivity contribution in [3.63, 3.8) is 0 Å². The van der Waals surface area contributed by atoms with Crippen LogP contribution in [0, 0.1) is 5.92 Å². The molecule has 0 saturated heterocycles. The molecule has 1 aromatic carbocycles. The summed E-state index contributed by atoms with van der Waals surface area (Å²) in [6.07, 6.45) is 1.36. The van der Waals surface area contributed by atoms with E-state index >= 15 is 0 Å². The number of carboxylic acids is 1. The molecule has 0 fully saturated rings. The molecular weight excluding hydrogens is 286 g/mol. The van der Waals surface area contributed by atoms with E-state index in [1.165, 1.54) is 5.56 Å². The first-order chi connectivity index (χ1) is 10.1. The Bertz CT molecular complexity index is 459. The molecule has 116 valence electrons. The molecule has 0 aliphatic carbocycles. The van der Waals surface area contributed by atoms with Gasteiger partial charge >= 0.3 is 5.97 Å². The fraction of sp³-hybridized carbons (Fsp3) is 0.500. The molecule has 0 aliphatic heterocycles. The van der Waals surface area contributed by atoms with E-state index in [4.69, 9.17) is 5.11 Å². The van der Waals surface area contributed by atoms with Crippen LogP contribution in [0.15, 0.2) is 24.3 Å². The van der Waals surface area contributed by atoms with Crippen LogP contribution in [0.4, 0.5) is 0 Å². The SMILES string of the molecule is CCCC(CNC(=O)c1ccc(CSCC)cc1)C(=O)O. The third-order valence-electron chi connectivity index (χ3n) is 3.18. The molecule has 0 aliphatic rings. The molecule has 0 heterocycles. The topological polar surface area (TPSA) is 66.4 Å². The van der Waals surface area contributed by atoms with Crippen LogP contribution < -0.4 is 5.32 Å². The van der Waals surface area contributed by atoms with Gasteiger partial charge in [-0.2, -0.15) is 11.8 Å². The highest BCUT2D eigenvalue weighted by atomic mass is 32.2. The third-order valence-corrected chi connectivity index (χ3v) is 4.13. The highest BCUT2D eigenvalue weighted by Gasteiger charge is 2.17. The lowest BCUT2D eigenvalue weighted by atomic mass is 10.0. The van der Waals surface area contributed by atoms with Crippen molar-refractivity contribution >= 4 is 23.6 Å². The minimum atomic E-state index is -0.857. The van der Waals surface area contributed by atoms with Crippen LogP contribution in [0.5, 0.6) is 0 Å². The predicted molar refractivity (Wildman–Crippen MR) is 86.6 cm³/mol. The Balaban J connectivity index is 2.53. The zero-order valence-electron chi connectivity index (χ0n) is 12.6. The summed E-state index contributed by atoms with van der Waals surface area (Å²) in [5.41, 5.74) is 1.76. The van der Waals surface area contributed by atoms with Gasteiger partial charge in [-0.25, -0.2) is 0 Å². The maximum atomic E-state index is 12.0. The number of thioether (sulfide) groups is 1. The van der Waals surface area contributed by atoms with Crippen LogP contribution >= 0.6 is 11.8 Å². The Kier molecular flexibility index (Phi) is 7.90. The highest BCUT2D eigenvalue weighted by Crippen LogP contribution is 2.13. The molecule has 1 unspecified atom stereocenters. The first-order valence-corrected chi connectivity index (χ1v) is 8.41. The number of rotatable bonds is 9. The molecule has 1 aromatic rings. The van der Waals surface area contributed by atoms with Crippen LogP contribution in [0.3, 0.4) is 0 Å². The number of carbonyl (C=O) groups excluding carboxylic acids is 1. The molecule has 0 aromatic heterocycles. The monoisotopic (exact) mass is 309 g/mol. The van der Waals surface area contributed by atoms with Gasteiger partial charge in [0, 0.05) is 17.9 Å². The quantitative estimate of drug-likeness (QED) is 0.735. The van der Waals surface area contributed by atoms with Gasteiger partial charge in [-0.1, -0.05) is 32.4 Å². The summed E-state index contributed by atoms with van der Waals surface area (Å²) in [6.45, 7) is 4.22. The van der Waals surface area contributed by atoms with Gasteiger partial charge in [0.15, 0.2) is 0 Å². The Labute approximate surface area is 130 Å². The summed E-state index contributed by atoms with van der Waals surface area (Å²) in [5, 5.41) is 11.8. The van der Waals surface area contributed by atoms with E-state index in [0.717, 1.165) is 17.9 Å². The van der Waals surface area contributed by atoms with E-state index in [1.807, 2.05) is 30.8 Å². The Morgan fingerprint density at radius 2 is 1.90 bits per heavy atom. The first-order valence-electron chi connectivity index (χ1n) is 7.26. The summed E-state index contributed by atoms with van der Waals surface area (Å²) in [6, 6.07) is 7.46. The molecule has 4 nitrogen and oxygen atoms in total. The van der Waals surface area contributed by atoms with Crippen LogP contribution in [-0.4, -0.2) is 29.3 Å². The molecule has 2 N–H and O–H groups in total. The minimum Gasteiger partial charge on any atom is -0.481 e. The van der Waals surface area contributed by atoms with Crippen LogP contribution in [0.1, 0.15) is 42.6 Å². The first kappa shape index (κ1) is 17.6. The second-order valence-electron chi connectivity index (χ2n) is 4.87. The number of hydrogen-bond donors (Lipinski definition) is 2. The number of carbonyl (C=O) groups is 2. The van der Waals surface area contributed by atoms with Crippen molar-refractivity contribution in [1.29, 1.82) is 0 Å². The lowest BCUT2D eigenvalue weighted by molar-refractivity contribution is -0.141. The number of amides is 1. The van der Waals surface area contributed by atoms with Crippen LogP contribution in [-0.2, 0) is 10.5 Å². The van der Waals surface area contributed by atoms with Gasteiger partial charge in [-0.15, -0.1) is 0 Å². The summed E-state index contributed by atoms with van der Waals surface area (Å²) < 4.78 is 0. The van der Waals surface area contributed by atoms with Crippen molar-refractivity contribution < 1.29 is 14.7 Å². The number of nitrogens with one attached hydrogen (secondary N) is 1. The number of hydrogen-bond acceptors (Lipinski definition) is 3. The summed E-state index contributed by atoms with van der Waals surface area (Å²) >= 11 is 1.83. The number of aliphatic carboxylic acids is 1. The molecule has 0 spiro atoms. The van der Waals surface area contributed by atoms with Gasteiger partial charge < -0.3 is 10.4 Å². The minimum absolute atomic E-state index is 0.176. The van der Waals surface area contributed by atoms with E-state index in [0.29, 0.717) is 12.0 Å². The van der Waals surface area contributed by atoms with Crippen LogP contribution in [0.2, 0.25) is 0 Å². The molecule has 1 atom stereocenters. The zero-order valence-corrected chi connectivity index (χ0v) is 13.4. The van der Waals surface area contributed by atoms with Gasteiger partial charge in [-0.3, -0.25) is 9.59 Å². The van der Waals surface area contributed by atoms with E-state index in [9.17, 15) is 9.59 Å². The van der Waals surface area contributed by atoms with Crippen molar-refractivity contribution in [3.8, 4) is 0 Å². The second kappa shape index (κ2) is 9.45. The largest absolute Gasteiger partial charge is 0.481 e. The third kappa shape index (κ3) is 6.21. The molecule has 5 heteroatoms. The van der Waals surface area contributed by atoms with E-state index < -0.39 is 11.9 Å².